The van der Waals surface area contributed by atoms with Crippen LogP contribution in [-0.4, -0.2) is 38.3 Å². The van der Waals surface area contributed by atoms with Gasteiger partial charge in [-0.25, -0.2) is 0 Å². The monoisotopic (exact) mass is 242 g/mol. The van der Waals surface area contributed by atoms with Crippen molar-refractivity contribution in [3.63, 3.8) is 0 Å². The Morgan fingerprint density at radius 2 is 2.24 bits per heavy atom. The maximum atomic E-state index is 11.9. The van der Waals surface area contributed by atoms with Crippen molar-refractivity contribution in [2.75, 3.05) is 26.2 Å². The largest absolute Gasteiger partial charge is 0.379 e. The van der Waals surface area contributed by atoms with Gasteiger partial charge in [0, 0.05) is 19.7 Å². The summed E-state index contributed by atoms with van der Waals surface area (Å²) in [5.74, 6) is 0.187. The van der Waals surface area contributed by atoms with Crippen LogP contribution in [0.2, 0.25) is 0 Å². The Morgan fingerprint density at radius 3 is 2.82 bits per heavy atom. The first-order valence-corrected chi connectivity index (χ1v) is 6.65. The molecule has 1 amide bonds. The van der Waals surface area contributed by atoms with Crippen molar-refractivity contribution in [3.8, 4) is 0 Å². The van der Waals surface area contributed by atoms with Crippen LogP contribution >= 0.6 is 0 Å². The van der Waals surface area contributed by atoms with E-state index in [9.17, 15) is 4.79 Å². The fraction of sp³-hybridized carbons (Fsp3) is 0.923. The number of nitrogens with one attached hydrogen (secondary N) is 2. The van der Waals surface area contributed by atoms with E-state index in [1.54, 1.807) is 0 Å². The van der Waals surface area contributed by atoms with Gasteiger partial charge in [0.2, 0.25) is 5.91 Å². The van der Waals surface area contributed by atoms with Crippen LogP contribution in [0.4, 0.5) is 0 Å². The van der Waals surface area contributed by atoms with Gasteiger partial charge in [-0.2, -0.15) is 0 Å². The highest BCUT2D eigenvalue weighted by Gasteiger charge is 2.35. The number of hydrogen-bond acceptors (Lipinski definition) is 3. The normalized spacial score (nSPS) is 24.2. The van der Waals surface area contributed by atoms with Crippen LogP contribution in [0.5, 0.6) is 0 Å². The van der Waals surface area contributed by atoms with E-state index >= 15 is 0 Å². The van der Waals surface area contributed by atoms with Gasteiger partial charge >= 0.3 is 0 Å². The third kappa shape index (κ3) is 5.04. The number of amides is 1. The predicted octanol–water partition coefficient (Wildman–Crippen LogP) is 1.31. The van der Waals surface area contributed by atoms with Crippen LogP contribution < -0.4 is 10.6 Å². The smallest absolute Gasteiger partial charge is 0.227 e. The van der Waals surface area contributed by atoms with Gasteiger partial charge in [0.1, 0.15) is 0 Å². The molecule has 0 aromatic heterocycles. The third-order valence-electron chi connectivity index (χ3n) is 3.22. The number of carbonyl (C=O) groups is 1. The van der Waals surface area contributed by atoms with E-state index in [1.807, 2.05) is 20.8 Å². The van der Waals surface area contributed by atoms with Gasteiger partial charge < -0.3 is 15.4 Å². The molecule has 1 saturated heterocycles. The van der Waals surface area contributed by atoms with E-state index in [4.69, 9.17) is 4.74 Å². The van der Waals surface area contributed by atoms with Gasteiger partial charge in [-0.05, 0) is 46.6 Å². The third-order valence-corrected chi connectivity index (χ3v) is 3.22. The average Bonchev–Trinajstić information content (AvgIpc) is 2.71. The molecular formula is C13H26N2O2. The molecule has 4 heteroatoms. The summed E-state index contributed by atoms with van der Waals surface area (Å²) in [6, 6.07) is 0. The number of unbranched alkanes of at least 4 members (excludes halogenated alkanes) is 1. The first kappa shape index (κ1) is 14.5. The van der Waals surface area contributed by atoms with Gasteiger partial charge in [0.25, 0.3) is 0 Å². The number of rotatable bonds is 7. The van der Waals surface area contributed by atoms with Crippen LogP contribution in [0, 0.1) is 5.41 Å². The molecule has 1 atom stereocenters. The molecule has 0 saturated carbocycles. The quantitative estimate of drug-likeness (QED) is 0.662. The zero-order chi connectivity index (χ0) is 12.7. The standard InChI is InChI=1S/C13H26N2O2/c1-11(2)17-9-5-4-7-15-12(16)13(3)6-8-14-10-13/h11,14H,4-10H2,1-3H3,(H,15,16). The molecule has 0 spiro atoms. The fourth-order valence-corrected chi connectivity index (χ4v) is 1.97. The second kappa shape index (κ2) is 6.97. The second-order valence-electron chi connectivity index (χ2n) is 5.37. The number of hydrogen-bond donors (Lipinski definition) is 2. The van der Waals surface area contributed by atoms with E-state index in [0.717, 1.165) is 45.5 Å². The molecule has 17 heavy (non-hydrogen) atoms. The highest BCUT2D eigenvalue weighted by molar-refractivity contribution is 5.82. The maximum Gasteiger partial charge on any atom is 0.227 e. The van der Waals surface area contributed by atoms with E-state index in [-0.39, 0.29) is 11.3 Å². The first-order valence-electron chi connectivity index (χ1n) is 6.65. The Hall–Kier alpha value is -0.610. The maximum absolute atomic E-state index is 11.9. The topological polar surface area (TPSA) is 50.4 Å². The molecule has 0 aromatic rings. The molecule has 0 bridgehead atoms. The zero-order valence-corrected chi connectivity index (χ0v) is 11.3. The molecule has 4 nitrogen and oxygen atoms in total. The summed E-state index contributed by atoms with van der Waals surface area (Å²) < 4.78 is 5.45. The predicted molar refractivity (Wildman–Crippen MR) is 68.9 cm³/mol. The highest BCUT2D eigenvalue weighted by atomic mass is 16.5. The Bertz CT molecular complexity index is 236. The average molecular weight is 242 g/mol. The first-order chi connectivity index (χ1) is 8.04. The summed E-state index contributed by atoms with van der Waals surface area (Å²) in [5, 5.41) is 6.25. The summed E-state index contributed by atoms with van der Waals surface area (Å²) in [4.78, 5) is 11.9. The second-order valence-corrected chi connectivity index (χ2v) is 5.37. The molecule has 1 unspecified atom stereocenters. The molecule has 100 valence electrons. The lowest BCUT2D eigenvalue weighted by atomic mass is 9.89. The minimum Gasteiger partial charge on any atom is -0.379 e. The minimum absolute atomic E-state index is 0.187. The Balaban J connectivity index is 2.04. The SMILES string of the molecule is CC(C)OCCCCNC(=O)C1(C)CCNC1. The highest BCUT2D eigenvalue weighted by Crippen LogP contribution is 2.24. The molecule has 1 fully saturated rings. The summed E-state index contributed by atoms with van der Waals surface area (Å²) in [6.07, 6.45) is 3.23. The van der Waals surface area contributed by atoms with Gasteiger partial charge in [-0.1, -0.05) is 0 Å². The van der Waals surface area contributed by atoms with Gasteiger partial charge in [0.15, 0.2) is 0 Å². The van der Waals surface area contributed by atoms with E-state index in [2.05, 4.69) is 10.6 Å². The van der Waals surface area contributed by atoms with Crippen molar-refractivity contribution >= 4 is 5.91 Å². The van der Waals surface area contributed by atoms with Crippen LogP contribution in [0.25, 0.3) is 0 Å². The Labute approximate surface area is 104 Å². The van der Waals surface area contributed by atoms with Crippen molar-refractivity contribution in [3.05, 3.63) is 0 Å². The lowest BCUT2D eigenvalue weighted by Crippen LogP contribution is -2.40. The van der Waals surface area contributed by atoms with E-state index in [1.165, 1.54) is 0 Å². The number of carbonyl (C=O) groups excluding carboxylic acids is 1. The van der Waals surface area contributed by atoms with Crippen LogP contribution in [0.1, 0.15) is 40.0 Å². The Kier molecular flexibility index (Phi) is 5.92. The molecule has 0 aromatic carbocycles. The molecular weight excluding hydrogens is 216 g/mol. The lowest BCUT2D eigenvalue weighted by Gasteiger charge is -2.21. The van der Waals surface area contributed by atoms with Crippen molar-refractivity contribution in [2.45, 2.75) is 46.1 Å². The summed E-state index contributed by atoms with van der Waals surface area (Å²) in [5.41, 5.74) is -0.200. The van der Waals surface area contributed by atoms with Crippen molar-refractivity contribution < 1.29 is 9.53 Å². The molecule has 1 rings (SSSR count). The van der Waals surface area contributed by atoms with Crippen molar-refractivity contribution in [1.29, 1.82) is 0 Å². The van der Waals surface area contributed by atoms with E-state index < -0.39 is 0 Å². The van der Waals surface area contributed by atoms with Gasteiger partial charge in [-0.15, -0.1) is 0 Å². The van der Waals surface area contributed by atoms with E-state index in [0.29, 0.717) is 6.10 Å². The summed E-state index contributed by atoms with van der Waals surface area (Å²) in [6.45, 7) is 9.40. The molecule has 0 aliphatic carbocycles. The van der Waals surface area contributed by atoms with Crippen molar-refractivity contribution in [2.24, 2.45) is 5.41 Å². The van der Waals surface area contributed by atoms with Crippen molar-refractivity contribution in [1.82, 2.24) is 10.6 Å². The van der Waals surface area contributed by atoms with Crippen LogP contribution in [0.3, 0.4) is 0 Å². The van der Waals surface area contributed by atoms with Gasteiger partial charge in [0.05, 0.1) is 11.5 Å². The summed E-state index contributed by atoms with van der Waals surface area (Å²) in [7, 11) is 0. The molecule has 0 radical (unpaired) electrons. The minimum atomic E-state index is -0.200. The lowest BCUT2D eigenvalue weighted by molar-refractivity contribution is -0.129. The molecule has 1 aliphatic rings. The molecule has 1 aliphatic heterocycles. The fourth-order valence-electron chi connectivity index (χ4n) is 1.97. The summed E-state index contributed by atoms with van der Waals surface area (Å²) >= 11 is 0. The Morgan fingerprint density at radius 1 is 1.47 bits per heavy atom. The number of ether oxygens (including phenoxy) is 1. The molecule has 2 N–H and O–H groups in total. The zero-order valence-electron chi connectivity index (χ0n) is 11.3. The van der Waals surface area contributed by atoms with Crippen LogP contribution in [-0.2, 0) is 9.53 Å². The van der Waals surface area contributed by atoms with Gasteiger partial charge in [-0.3, -0.25) is 4.79 Å². The molecule has 1 heterocycles. The van der Waals surface area contributed by atoms with Crippen LogP contribution in [0.15, 0.2) is 0 Å².